The molecule has 25 heavy (non-hydrogen) atoms. The summed E-state index contributed by atoms with van der Waals surface area (Å²) in [6, 6.07) is 12.9. The van der Waals surface area contributed by atoms with Crippen molar-refractivity contribution in [1.29, 1.82) is 0 Å². The van der Waals surface area contributed by atoms with Gasteiger partial charge in [-0.05, 0) is 37.6 Å². The van der Waals surface area contributed by atoms with Crippen LogP contribution in [0.4, 0.5) is 5.69 Å². The van der Waals surface area contributed by atoms with Gasteiger partial charge in [-0.3, -0.25) is 9.78 Å². The first-order valence-electron chi connectivity index (χ1n) is 7.74. The largest absolute Gasteiger partial charge is 0.487 e. The van der Waals surface area contributed by atoms with Crippen molar-refractivity contribution in [3.8, 4) is 5.75 Å². The summed E-state index contributed by atoms with van der Waals surface area (Å²) in [5, 5.41) is 2.85. The molecule has 1 aromatic heterocycles. The molecule has 5 nitrogen and oxygen atoms in total. The number of hydrogen-bond acceptors (Lipinski definition) is 4. The Kier molecular flexibility index (Phi) is 10.1. The van der Waals surface area contributed by atoms with E-state index in [1.165, 1.54) is 0 Å². The van der Waals surface area contributed by atoms with E-state index in [4.69, 9.17) is 10.5 Å². The molecule has 7 heteroatoms. The average Bonchev–Trinajstić information content (AvgIpc) is 2.54. The molecule has 0 saturated carbocycles. The van der Waals surface area contributed by atoms with E-state index in [0.717, 1.165) is 12.1 Å². The van der Waals surface area contributed by atoms with Gasteiger partial charge in [0.2, 0.25) is 5.91 Å². The van der Waals surface area contributed by atoms with Gasteiger partial charge in [0.05, 0.1) is 11.2 Å². The second-order valence-electron chi connectivity index (χ2n) is 5.76. The van der Waals surface area contributed by atoms with Gasteiger partial charge in [-0.1, -0.05) is 25.5 Å². The van der Waals surface area contributed by atoms with Crippen molar-refractivity contribution >= 4 is 36.4 Å². The van der Waals surface area contributed by atoms with Crippen LogP contribution in [-0.4, -0.2) is 16.4 Å². The molecular formula is C18H25Cl2N3O2. The molecule has 0 bridgehead atoms. The topological polar surface area (TPSA) is 77.2 Å². The van der Waals surface area contributed by atoms with Gasteiger partial charge in [-0.2, -0.15) is 0 Å². The number of nitrogens with zero attached hydrogens (tertiary/aromatic N) is 1. The Bertz CT molecular complexity index is 652. The fourth-order valence-electron chi connectivity index (χ4n) is 2.21. The molecule has 1 atom stereocenters. The Morgan fingerprint density at radius 2 is 2.00 bits per heavy atom. The number of pyridine rings is 1. The monoisotopic (exact) mass is 385 g/mol. The van der Waals surface area contributed by atoms with E-state index in [-0.39, 0.29) is 30.7 Å². The van der Waals surface area contributed by atoms with Crippen LogP contribution in [0, 0.1) is 0 Å². The van der Waals surface area contributed by atoms with E-state index >= 15 is 0 Å². The van der Waals surface area contributed by atoms with Crippen molar-refractivity contribution in [2.24, 2.45) is 5.73 Å². The van der Waals surface area contributed by atoms with Gasteiger partial charge < -0.3 is 15.8 Å². The lowest BCUT2D eigenvalue weighted by molar-refractivity contribution is -0.120. The molecule has 3 N–H and O–H groups in total. The summed E-state index contributed by atoms with van der Waals surface area (Å²) in [5.41, 5.74) is 6.68. The molecule has 0 saturated heterocycles. The maximum Gasteiger partial charge on any atom is 0.244 e. The van der Waals surface area contributed by atoms with Crippen molar-refractivity contribution in [2.75, 3.05) is 5.32 Å². The summed E-state index contributed by atoms with van der Waals surface area (Å²) in [5.74, 6) is 0.476. The third-order valence-electron chi connectivity index (χ3n) is 3.49. The Morgan fingerprint density at radius 1 is 1.24 bits per heavy atom. The molecule has 1 aromatic carbocycles. The molecule has 0 aliphatic rings. The summed E-state index contributed by atoms with van der Waals surface area (Å²) in [4.78, 5) is 16.4. The van der Waals surface area contributed by atoms with Gasteiger partial charge in [-0.25, -0.2) is 0 Å². The number of hydrogen-bond donors (Lipinski definition) is 2. The van der Waals surface area contributed by atoms with Crippen LogP contribution in [0.25, 0.3) is 0 Å². The van der Waals surface area contributed by atoms with E-state index in [1.807, 2.05) is 43.3 Å². The first-order valence-corrected chi connectivity index (χ1v) is 7.74. The van der Waals surface area contributed by atoms with Crippen LogP contribution in [0.5, 0.6) is 5.75 Å². The van der Waals surface area contributed by atoms with Crippen LogP contribution >= 0.6 is 24.8 Å². The highest BCUT2D eigenvalue weighted by molar-refractivity contribution is 5.97. The number of benzene rings is 1. The highest BCUT2D eigenvalue weighted by Crippen LogP contribution is 2.20. The number of carbonyl (C=O) groups is 1. The van der Waals surface area contributed by atoms with Crippen LogP contribution in [-0.2, 0) is 11.4 Å². The molecule has 0 aliphatic carbocycles. The number of nitrogens with two attached hydrogens (primary N) is 1. The number of carbonyl (C=O) groups excluding carboxylic acids is 1. The zero-order valence-electron chi connectivity index (χ0n) is 14.4. The average molecular weight is 386 g/mol. The predicted octanol–water partition coefficient (Wildman–Crippen LogP) is 3.96. The number of amides is 1. The summed E-state index contributed by atoms with van der Waals surface area (Å²) in [6.45, 7) is 4.13. The standard InChI is InChI=1S/C18H23N3O2.2ClH/c1-3-10-18(2,19)17(22)21-14-8-6-9-16(12-14)23-13-15-7-4-5-11-20-15;;/h4-9,11-12H,3,10,13,19H2,1-2H3,(H,21,22);2*1H. The first-order chi connectivity index (χ1) is 11.0. The highest BCUT2D eigenvalue weighted by Gasteiger charge is 2.27. The zero-order valence-corrected chi connectivity index (χ0v) is 16.0. The predicted molar refractivity (Wildman–Crippen MR) is 106 cm³/mol. The van der Waals surface area contributed by atoms with Crippen LogP contribution in [0.1, 0.15) is 32.4 Å². The molecule has 2 aromatic rings. The van der Waals surface area contributed by atoms with Crippen molar-refractivity contribution in [3.63, 3.8) is 0 Å². The number of aromatic nitrogens is 1. The zero-order chi connectivity index (χ0) is 16.7. The van der Waals surface area contributed by atoms with E-state index < -0.39 is 5.54 Å². The maximum absolute atomic E-state index is 12.2. The number of halogens is 2. The Morgan fingerprint density at radius 3 is 2.64 bits per heavy atom. The van der Waals surface area contributed by atoms with Gasteiger partial charge in [0.1, 0.15) is 12.4 Å². The Labute approximate surface area is 161 Å². The van der Waals surface area contributed by atoms with Crippen LogP contribution in [0.2, 0.25) is 0 Å². The molecule has 1 unspecified atom stereocenters. The van der Waals surface area contributed by atoms with Crippen LogP contribution in [0.15, 0.2) is 48.7 Å². The minimum Gasteiger partial charge on any atom is -0.487 e. The first kappa shape index (κ1) is 23.2. The van der Waals surface area contributed by atoms with Crippen molar-refractivity contribution in [1.82, 2.24) is 4.98 Å². The molecule has 2 rings (SSSR count). The van der Waals surface area contributed by atoms with E-state index in [2.05, 4.69) is 10.3 Å². The molecule has 0 radical (unpaired) electrons. The number of ether oxygens (including phenoxy) is 1. The van der Waals surface area contributed by atoms with E-state index in [1.54, 1.807) is 19.2 Å². The fourth-order valence-corrected chi connectivity index (χ4v) is 2.21. The summed E-state index contributed by atoms with van der Waals surface area (Å²) < 4.78 is 5.70. The Balaban J connectivity index is 0.00000288. The molecule has 0 aliphatic heterocycles. The Hall–Kier alpha value is -1.82. The normalized spacial score (nSPS) is 12.1. The van der Waals surface area contributed by atoms with Gasteiger partial charge >= 0.3 is 0 Å². The number of rotatable bonds is 7. The number of nitrogens with one attached hydrogen (secondary N) is 1. The quantitative estimate of drug-likeness (QED) is 0.755. The van der Waals surface area contributed by atoms with Crippen molar-refractivity contribution in [3.05, 3.63) is 54.4 Å². The molecule has 138 valence electrons. The van der Waals surface area contributed by atoms with Gasteiger partial charge in [-0.15, -0.1) is 24.8 Å². The maximum atomic E-state index is 12.2. The second kappa shape index (κ2) is 10.9. The SMILES string of the molecule is CCCC(C)(N)C(=O)Nc1cccc(OCc2ccccn2)c1.Cl.Cl. The molecular weight excluding hydrogens is 361 g/mol. The van der Waals surface area contributed by atoms with Crippen molar-refractivity contribution in [2.45, 2.75) is 38.8 Å². The molecule has 1 heterocycles. The lowest BCUT2D eigenvalue weighted by atomic mass is 9.96. The number of anilines is 1. The fraction of sp³-hybridized carbons (Fsp3) is 0.333. The lowest BCUT2D eigenvalue weighted by Gasteiger charge is -2.23. The molecule has 0 fully saturated rings. The second-order valence-corrected chi connectivity index (χ2v) is 5.76. The third-order valence-corrected chi connectivity index (χ3v) is 3.49. The summed E-state index contributed by atoms with van der Waals surface area (Å²) in [6.07, 6.45) is 3.22. The molecule has 1 amide bonds. The molecule has 0 spiro atoms. The van der Waals surface area contributed by atoms with Crippen LogP contribution < -0.4 is 15.8 Å². The van der Waals surface area contributed by atoms with Gasteiger partial charge in [0.25, 0.3) is 0 Å². The lowest BCUT2D eigenvalue weighted by Crippen LogP contribution is -2.48. The van der Waals surface area contributed by atoms with Crippen LogP contribution in [0.3, 0.4) is 0 Å². The van der Waals surface area contributed by atoms with Gasteiger partial charge in [0.15, 0.2) is 0 Å². The summed E-state index contributed by atoms with van der Waals surface area (Å²) >= 11 is 0. The van der Waals surface area contributed by atoms with E-state index in [0.29, 0.717) is 24.5 Å². The highest BCUT2D eigenvalue weighted by atomic mass is 35.5. The third kappa shape index (κ3) is 7.30. The van der Waals surface area contributed by atoms with Crippen molar-refractivity contribution < 1.29 is 9.53 Å². The minimum atomic E-state index is -0.875. The van der Waals surface area contributed by atoms with E-state index in [9.17, 15) is 4.79 Å². The minimum absolute atomic E-state index is 0. The van der Waals surface area contributed by atoms with Gasteiger partial charge in [0, 0.05) is 18.0 Å². The summed E-state index contributed by atoms with van der Waals surface area (Å²) in [7, 11) is 0. The smallest absolute Gasteiger partial charge is 0.244 e.